The molecule has 3 rings (SSSR count). The molecular weight excluding hydrogens is 354 g/mol. The number of rotatable bonds is 8. The number of Topliss-reactive ketones (excluding diaryl/α,β-unsaturated/α-hetero) is 1. The van der Waals surface area contributed by atoms with Crippen LogP contribution < -0.4 is 14.8 Å². The van der Waals surface area contributed by atoms with Gasteiger partial charge in [-0.1, -0.05) is 18.2 Å². The van der Waals surface area contributed by atoms with Gasteiger partial charge in [0.25, 0.3) is 0 Å². The van der Waals surface area contributed by atoms with E-state index in [-0.39, 0.29) is 24.5 Å². The summed E-state index contributed by atoms with van der Waals surface area (Å²) >= 11 is 0. The summed E-state index contributed by atoms with van der Waals surface area (Å²) in [5, 5.41) is 2.79. The maximum absolute atomic E-state index is 12.2. The Hall–Kier alpha value is -3.60. The van der Waals surface area contributed by atoms with Crippen molar-refractivity contribution < 1.29 is 19.1 Å². The fourth-order valence-corrected chi connectivity index (χ4v) is 2.60. The van der Waals surface area contributed by atoms with Gasteiger partial charge in [-0.05, 0) is 60.7 Å². The zero-order chi connectivity index (χ0) is 19.8. The first-order chi connectivity index (χ1) is 13.6. The lowest BCUT2D eigenvalue weighted by atomic mass is 10.1. The van der Waals surface area contributed by atoms with Gasteiger partial charge in [-0.2, -0.15) is 0 Å². The summed E-state index contributed by atoms with van der Waals surface area (Å²) in [6, 6.07) is 23.4. The van der Waals surface area contributed by atoms with Crippen molar-refractivity contribution in [3.63, 3.8) is 0 Å². The molecule has 142 valence electrons. The van der Waals surface area contributed by atoms with Gasteiger partial charge in [-0.15, -0.1) is 0 Å². The van der Waals surface area contributed by atoms with Crippen molar-refractivity contribution in [2.75, 3.05) is 12.4 Å². The lowest BCUT2D eigenvalue weighted by molar-refractivity contribution is -0.116. The van der Waals surface area contributed by atoms with E-state index in [1.807, 2.05) is 30.3 Å². The van der Waals surface area contributed by atoms with E-state index in [9.17, 15) is 9.59 Å². The van der Waals surface area contributed by atoms with Crippen LogP contribution in [-0.4, -0.2) is 18.8 Å². The standard InChI is InChI=1S/C23H21NO4/c1-27-19-11-7-17(8-12-19)22(25)15-16-23(26)24-18-9-13-21(14-10-18)28-20-5-3-2-4-6-20/h2-14H,15-16H2,1H3,(H,24,26). The molecule has 0 aromatic heterocycles. The molecule has 1 amide bonds. The molecule has 28 heavy (non-hydrogen) atoms. The highest BCUT2D eigenvalue weighted by Crippen LogP contribution is 2.22. The molecular formula is C23H21NO4. The molecule has 0 aliphatic rings. The lowest BCUT2D eigenvalue weighted by Gasteiger charge is -2.08. The van der Waals surface area contributed by atoms with Crippen LogP contribution in [0.1, 0.15) is 23.2 Å². The molecule has 0 bridgehead atoms. The van der Waals surface area contributed by atoms with Gasteiger partial charge in [0.05, 0.1) is 7.11 Å². The Kier molecular flexibility index (Phi) is 6.41. The Labute approximate surface area is 163 Å². The average molecular weight is 375 g/mol. The molecule has 1 N–H and O–H groups in total. The van der Waals surface area contributed by atoms with E-state index in [1.54, 1.807) is 55.6 Å². The van der Waals surface area contributed by atoms with E-state index >= 15 is 0 Å². The van der Waals surface area contributed by atoms with Crippen molar-refractivity contribution in [2.45, 2.75) is 12.8 Å². The van der Waals surface area contributed by atoms with E-state index < -0.39 is 0 Å². The van der Waals surface area contributed by atoms with Gasteiger partial charge in [0.15, 0.2) is 5.78 Å². The molecule has 0 aliphatic carbocycles. The average Bonchev–Trinajstić information content (AvgIpc) is 2.74. The van der Waals surface area contributed by atoms with E-state index in [4.69, 9.17) is 9.47 Å². The van der Waals surface area contributed by atoms with Crippen molar-refractivity contribution in [1.29, 1.82) is 0 Å². The number of methoxy groups -OCH3 is 1. The minimum Gasteiger partial charge on any atom is -0.497 e. The molecule has 5 heteroatoms. The lowest BCUT2D eigenvalue weighted by Crippen LogP contribution is -2.13. The predicted octanol–water partition coefficient (Wildman–Crippen LogP) is 5.09. The number of para-hydroxylation sites is 1. The maximum atomic E-state index is 12.2. The Morgan fingerprint density at radius 1 is 0.750 bits per heavy atom. The number of carbonyl (C=O) groups excluding carboxylic acids is 2. The van der Waals surface area contributed by atoms with Gasteiger partial charge in [-0.3, -0.25) is 9.59 Å². The van der Waals surface area contributed by atoms with Crippen molar-refractivity contribution in [2.24, 2.45) is 0 Å². The number of hydrogen-bond donors (Lipinski definition) is 1. The van der Waals surface area contributed by atoms with Crippen LogP contribution in [0.3, 0.4) is 0 Å². The van der Waals surface area contributed by atoms with Crippen LogP contribution in [0.25, 0.3) is 0 Å². The quantitative estimate of drug-likeness (QED) is 0.557. The number of anilines is 1. The van der Waals surface area contributed by atoms with Gasteiger partial charge in [-0.25, -0.2) is 0 Å². The second-order valence-corrected chi connectivity index (χ2v) is 6.14. The van der Waals surface area contributed by atoms with Crippen molar-refractivity contribution >= 4 is 17.4 Å². The Morgan fingerprint density at radius 2 is 1.36 bits per heavy atom. The largest absolute Gasteiger partial charge is 0.497 e. The van der Waals surface area contributed by atoms with Gasteiger partial charge >= 0.3 is 0 Å². The number of hydrogen-bond acceptors (Lipinski definition) is 4. The predicted molar refractivity (Wildman–Crippen MR) is 108 cm³/mol. The van der Waals surface area contributed by atoms with Crippen LogP contribution in [-0.2, 0) is 4.79 Å². The SMILES string of the molecule is COc1ccc(C(=O)CCC(=O)Nc2ccc(Oc3ccccc3)cc2)cc1. The molecule has 0 radical (unpaired) electrons. The van der Waals surface area contributed by atoms with E-state index in [1.165, 1.54) is 0 Å². The molecule has 0 unspecified atom stereocenters. The summed E-state index contributed by atoms with van der Waals surface area (Å²) in [5.74, 6) is 1.83. The molecule has 5 nitrogen and oxygen atoms in total. The monoisotopic (exact) mass is 375 g/mol. The van der Waals surface area contributed by atoms with Crippen molar-refractivity contribution in [1.82, 2.24) is 0 Å². The molecule has 0 saturated carbocycles. The molecule has 0 aliphatic heterocycles. The van der Waals surface area contributed by atoms with Gasteiger partial charge in [0.1, 0.15) is 17.2 Å². The molecule has 0 fully saturated rings. The van der Waals surface area contributed by atoms with Crippen LogP contribution in [0, 0.1) is 0 Å². The Bertz CT molecular complexity index is 919. The first kappa shape index (κ1) is 19.2. The van der Waals surface area contributed by atoms with Crippen molar-refractivity contribution in [3.05, 3.63) is 84.4 Å². The number of carbonyl (C=O) groups is 2. The van der Waals surface area contributed by atoms with Gasteiger partial charge in [0.2, 0.25) is 5.91 Å². The highest BCUT2D eigenvalue weighted by molar-refractivity contribution is 6.00. The normalized spacial score (nSPS) is 10.2. The van der Waals surface area contributed by atoms with Crippen molar-refractivity contribution in [3.8, 4) is 17.2 Å². The highest BCUT2D eigenvalue weighted by atomic mass is 16.5. The van der Waals surface area contributed by atoms with Crippen LogP contribution >= 0.6 is 0 Å². The number of ketones is 1. The molecule has 3 aromatic rings. The third-order valence-electron chi connectivity index (χ3n) is 4.11. The summed E-state index contributed by atoms with van der Waals surface area (Å²) < 4.78 is 10.8. The molecule has 3 aromatic carbocycles. The van der Waals surface area contributed by atoms with Crippen LogP contribution in [0.2, 0.25) is 0 Å². The number of ether oxygens (including phenoxy) is 2. The fraction of sp³-hybridized carbons (Fsp3) is 0.130. The second-order valence-electron chi connectivity index (χ2n) is 6.14. The summed E-state index contributed by atoms with van der Waals surface area (Å²) in [6.07, 6.45) is 0.264. The topological polar surface area (TPSA) is 64.6 Å². The first-order valence-electron chi connectivity index (χ1n) is 8.94. The second kappa shape index (κ2) is 9.37. The molecule has 0 atom stereocenters. The minimum absolute atomic E-state index is 0.0792. The summed E-state index contributed by atoms with van der Waals surface area (Å²) in [4.78, 5) is 24.3. The molecule has 0 saturated heterocycles. The van der Waals surface area contributed by atoms with E-state index in [0.717, 1.165) is 5.75 Å². The Balaban J connectivity index is 1.48. The zero-order valence-electron chi connectivity index (χ0n) is 15.6. The number of amides is 1. The third kappa shape index (κ3) is 5.45. The molecule has 0 spiro atoms. The summed E-state index contributed by atoms with van der Waals surface area (Å²) in [5.41, 5.74) is 1.22. The highest BCUT2D eigenvalue weighted by Gasteiger charge is 2.10. The third-order valence-corrected chi connectivity index (χ3v) is 4.11. The summed E-state index contributed by atoms with van der Waals surface area (Å²) in [6.45, 7) is 0. The van der Waals surface area contributed by atoms with Crippen LogP contribution in [0.4, 0.5) is 5.69 Å². The van der Waals surface area contributed by atoms with Crippen LogP contribution in [0.5, 0.6) is 17.2 Å². The number of nitrogens with one attached hydrogen (secondary N) is 1. The zero-order valence-corrected chi connectivity index (χ0v) is 15.6. The van der Waals surface area contributed by atoms with E-state index in [2.05, 4.69) is 5.32 Å². The van der Waals surface area contributed by atoms with E-state index in [0.29, 0.717) is 22.7 Å². The smallest absolute Gasteiger partial charge is 0.224 e. The first-order valence-corrected chi connectivity index (χ1v) is 8.94. The molecule has 0 heterocycles. The van der Waals surface area contributed by atoms with Crippen LogP contribution in [0.15, 0.2) is 78.9 Å². The maximum Gasteiger partial charge on any atom is 0.224 e. The Morgan fingerprint density at radius 3 is 2.00 bits per heavy atom. The number of benzene rings is 3. The minimum atomic E-state index is -0.210. The van der Waals surface area contributed by atoms with Gasteiger partial charge < -0.3 is 14.8 Å². The summed E-state index contributed by atoms with van der Waals surface area (Å²) in [7, 11) is 1.57. The fourth-order valence-electron chi connectivity index (χ4n) is 2.60. The van der Waals surface area contributed by atoms with Gasteiger partial charge in [0, 0.05) is 24.1 Å².